The standard InChI is InChI=1S/C16H14N6OS/c23-16(22-9-10-24-13-7-2-1-6-12(13)22)19-15-18-14(20-21-15)11-5-3-4-8-17-11/h1-8H,9-10H2,(H2,18,19,20,21,23). The number of benzene rings is 1. The molecule has 0 unspecified atom stereocenters. The number of urea groups is 1. The molecule has 4 rings (SSSR count). The molecular weight excluding hydrogens is 324 g/mol. The smallest absolute Gasteiger partial charge is 0.292 e. The molecule has 0 aliphatic carbocycles. The molecule has 8 heteroatoms. The maximum atomic E-state index is 12.6. The number of rotatable bonds is 2. The quantitative estimate of drug-likeness (QED) is 0.750. The fraction of sp³-hybridized carbons (Fsp3) is 0.125. The normalized spacial score (nSPS) is 13.4. The van der Waals surface area contributed by atoms with Crippen LogP contribution in [-0.2, 0) is 0 Å². The number of H-pyrrole nitrogens is 1. The van der Waals surface area contributed by atoms with E-state index in [1.165, 1.54) is 0 Å². The second-order valence-electron chi connectivity index (χ2n) is 5.12. The highest BCUT2D eigenvalue weighted by atomic mass is 32.2. The van der Waals surface area contributed by atoms with Crippen molar-refractivity contribution in [3.8, 4) is 11.5 Å². The molecule has 0 spiro atoms. The molecule has 3 heterocycles. The van der Waals surface area contributed by atoms with E-state index in [1.54, 1.807) is 22.9 Å². The fourth-order valence-corrected chi connectivity index (χ4v) is 3.47. The molecule has 0 fully saturated rings. The van der Waals surface area contributed by atoms with Gasteiger partial charge in [-0.3, -0.25) is 20.3 Å². The zero-order chi connectivity index (χ0) is 16.4. The highest BCUT2D eigenvalue weighted by Gasteiger charge is 2.23. The summed E-state index contributed by atoms with van der Waals surface area (Å²) >= 11 is 1.75. The third-order valence-electron chi connectivity index (χ3n) is 3.59. The molecule has 1 aromatic carbocycles. The topological polar surface area (TPSA) is 86.8 Å². The van der Waals surface area contributed by atoms with Gasteiger partial charge >= 0.3 is 6.03 Å². The molecule has 2 N–H and O–H groups in total. The average Bonchev–Trinajstić information content (AvgIpc) is 3.10. The van der Waals surface area contributed by atoms with Crippen LogP contribution in [-0.4, -0.2) is 38.5 Å². The molecule has 7 nitrogen and oxygen atoms in total. The number of thioether (sulfide) groups is 1. The van der Waals surface area contributed by atoms with E-state index in [0.717, 1.165) is 16.3 Å². The van der Waals surface area contributed by atoms with Crippen LogP contribution in [0.2, 0.25) is 0 Å². The van der Waals surface area contributed by atoms with E-state index in [1.807, 2.05) is 42.5 Å². The Bertz CT molecular complexity index is 866. The third-order valence-corrected chi connectivity index (χ3v) is 4.63. The van der Waals surface area contributed by atoms with E-state index < -0.39 is 0 Å². The number of hydrogen-bond donors (Lipinski definition) is 2. The Kier molecular flexibility index (Phi) is 3.87. The van der Waals surface area contributed by atoms with E-state index in [-0.39, 0.29) is 12.0 Å². The van der Waals surface area contributed by atoms with Gasteiger partial charge in [0.05, 0.1) is 5.69 Å². The van der Waals surface area contributed by atoms with Gasteiger partial charge in [-0.05, 0) is 24.3 Å². The molecule has 1 aliphatic rings. The van der Waals surface area contributed by atoms with Crippen LogP contribution in [0.25, 0.3) is 11.5 Å². The number of nitrogens with one attached hydrogen (secondary N) is 2. The Labute approximate surface area is 142 Å². The number of pyridine rings is 1. The van der Waals surface area contributed by atoms with Crippen molar-refractivity contribution in [2.45, 2.75) is 4.90 Å². The Balaban J connectivity index is 1.53. The lowest BCUT2D eigenvalue weighted by Crippen LogP contribution is -2.38. The van der Waals surface area contributed by atoms with Gasteiger partial charge in [0.25, 0.3) is 5.95 Å². The molecule has 2 amide bonds. The molecule has 24 heavy (non-hydrogen) atoms. The fourth-order valence-electron chi connectivity index (χ4n) is 2.48. The lowest BCUT2D eigenvalue weighted by Gasteiger charge is -2.28. The maximum absolute atomic E-state index is 12.6. The summed E-state index contributed by atoms with van der Waals surface area (Å²) in [5.74, 6) is 1.61. The van der Waals surface area contributed by atoms with Crippen LogP contribution in [0.3, 0.4) is 0 Å². The molecule has 0 bridgehead atoms. The molecule has 0 radical (unpaired) electrons. The van der Waals surface area contributed by atoms with Gasteiger partial charge in [-0.25, -0.2) is 4.79 Å². The first kappa shape index (κ1) is 14.7. The minimum absolute atomic E-state index is 0.233. The monoisotopic (exact) mass is 338 g/mol. The number of amides is 2. The van der Waals surface area contributed by atoms with E-state index in [9.17, 15) is 4.79 Å². The summed E-state index contributed by atoms with van der Waals surface area (Å²) in [6, 6.07) is 13.1. The highest BCUT2D eigenvalue weighted by Crippen LogP contribution is 2.34. The minimum Gasteiger partial charge on any atom is -0.292 e. The van der Waals surface area contributed by atoms with Gasteiger partial charge in [0, 0.05) is 23.4 Å². The predicted molar refractivity (Wildman–Crippen MR) is 93.1 cm³/mol. The molecule has 0 saturated heterocycles. The van der Waals surface area contributed by atoms with Gasteiger partial charge in [-0.15, -0.1) is 16.9 Å². The molecule has 0 saturated carbocycles. The highest BCUT2D eigenvalue weighted by molar-refractivity contribution is 7.99. The predicted octanol–water partition coefficient (Wildman–Crippen LogP) is 3.01. The van der Waals surface area contributed by atoms with Crippen molar-refractivity contribution in [1.82, 2.24) is 20.2 Å². The minimum atomic E-state index is -0.241. The maximum Gasteiger partial charge on any atom is 0.328 e. The largest absolute Gasteiger partial charge is 0.328 e. The van der Waals surface area contributed by atoms with Crippen LogP contribution < -0.4 is 10.2 Å². The number of anilines is 2. The van der Waals surface area contributed by atoms with Crippen molar-refractivity contribution in [2.24, 2.45) is 0 Å². The van der Waals surface area contributed by atoms with Crippen molar-refractivity contribution >= 4 is 29.4 Å². The second kappa shape index (κ2) is 6.32. The van der Waals surface area contributed by atoms with Crippen molar-refractivity contribution in [2.75, 3.05) is 22.5 Å². The van der Waals surface area contributed by atoms with E-state index in [0.29, 0.717) is 18.1 Å². The van der Waals surface area contributed by atoms with Crippen LogP contribution in [0.15, 0.2) is 53.6 Å². The Hall–Kier alpha value is -2.87. The van der Waals surface area contributed by atoms with Gasteiger partial charge in [0.15, 0.2) is 5.82 Å². The number of para-hydroxylation sites is 1. The summed E-state index contributed by atoms with van der Waals surface area (Å²) < 4.78 is 0. The third kappa shape index (κ3) is 2.83. The summed E-state index contributed by atoms with van der Waals surface area (Å²) in [6.45, 7) is 0.644. The first-order valence-corrected chi connectivity index (χ1v) is 8.44. The van der Waals surface area contributed by atoms with E-state index >= 15 is 0 Å². The van der Waals surface area contributed by atoms with Crippen LogP contribution >= 0.6 is 11.8 Å². The van der Waals surface area contributed by atoms with Crippen molar-refractivity contribution in [3.05, 3.63) is 48.7 Å². The van der Waals surface area contributed by atoms with Crippen molar-refractivity contribution < 1.29 is 4.79 Å². The van der Waals surface area contributed by atoms with Gasteiger partial charge < -0.3 is 0 Å². The van der Waals surface area contributed by atoms with Gasteiger partial charge in [-0.1, -0.05) is 18.2 Å². The first-order valence-electron chi connectivity index (χ1n) is 7.45. The van der Waals surface area contributed by atoms with Crippen LogP contribution in [0.4, 0.5) is 16.4 Å². The Morgan fingerprint density at radius 2 is 2.08 bits per heavy atom. The number of aromatic nitrogens is 4. The van der Waals surface area contributed by atoms with Crippen molar-refractivity contribution in [3.63, 3.8) is 0 Å². The molecular formula is C16H14N6OS. The summed E-state index contributed by atoms with van der Waals surface area (Å²) in [4.78, 5) is 23.9. The number of nitrogens with zero attached hydrogens (tertiary/aromatic N) is 4. The number of carbonyl (C=O) groups is 1. The number of fused-ring (bicyclic) bond motifs is 1. The molecule has 1 aliphatic heterocycles. The Morgan fingerprint density at radius 3 is 2.96 bits per heavy atom. The summed E-state index contributed by atoms with van der Waals surface area (Å²) in [5.41, 5.74) is 1.58. The lowest BCUT2D eigenvalue weighted by molar-refractivity contribution is 0.257. The zero-order valence-corrected chi connectivity index (χ0v) is 13.5. The molecule has 2 aromatic heterocycles. The second-order valence-corrected chi connectivity index (χ2v) is 6.26. The summed E-state index contributed by atoms with van der Waals surface area (Å²) in [5, 5.41) is 9.57. The number of hydrogen-bond acceptors (Lipinski definition) is 5. The van der Waals surface area contributed by atoms with Crippen LogP contribution in [0, 0.1) is 0 Å². The summed E-state index contributed by atoms with van der Waals surface area (Å²) in [6.07, 6.45) is 1.68. The number of aromatic amines is 1. The van der Waals surface area contributed by atoms with Crippen LogP contribution in [0.5, 0.6) is 0 Å². The number of carbonyl (C=O) groups excluding carboxylic acids is 1. The molecule has 3 aromatic rings. The van der Waals surface area contributed by atoms with Crippen molar-refractivity contribution in [1.29, 1.82) is 0 Å². The van der Waals surface area contributed by atoms with E-state index in [2.05, 4.69) is 25.5 Å². The lowest BCUT2D eigenvalue weighted by atomic mass is 10.3. The summed E-state index contributed by atoms with van der Waals surface area (Å²) in [7, 11) is 0. The average molecular weight is 338 g/mol. The van der Waals surface area contributed by atoms with Crippen LogP contribution in [0.1, 0.15) is 0 Å². The molecule has 120 valence electrons. The van der Waals surface area contributed by atoms with E-state index in [4.69, 9.17) is 0 Å². The van der Waals surface area contributed by atoms with Gasteiger partial charge in [0.1, 0.15) is 5.69 Å². The molecule has 0 atom stereocenters. The Morgan fingerprint density at radius 1 is 1.21 bits per heavy atom. The zero-order valence-electron chi connectivity index (χ0n) is 12.6. The SMILES string of the molecule is O=C(Nc1n[nH]c(-c2ccccn2)n1)N1CCSc2ccccc21. The van der Waals surface area contributed by atoms with Gasteiger partial charge in [-0.2, -0.15) is 4.98 Å². The van der Waals surface area contributed by atoms with Gasteiger partial charge in [0.2, 0.25) is 0 Å². The first-order chi connectivity index (χ1) is 11.8.